The van der Waals surface area contributed by atoms with Gasteiger partial charge in [-0.3, -0.25) is 53.9 Å². The van der Waals surface area contributed by atoms with Crippen molar-refractivity contribution in [2.24, 2.45) is 0 Å². The molecule has 0 unspecified atom stereocenters. The van der Waals surface area contributed by atoms with E-state index in [0.29, 0.717) is 87.9 Å². The number of ether oxygens (including phenoxy) is 9. The molecule has 13 rings (SSSR count). The maximum Gasteiger partial charge on any atom is 0.354 e. The van der Waals surface area contributed by atoms with Gasteiger partial charge in [-0.1, -0.05) is 0 Å². The summed E-state index contributed by atoms with van der Waals surface area (Å²) in [5.41, 5.74) is 9.94. The molecule has 0 atom stereocenters. The number of pyridine rings is 9. The highest BCUT2D eigenvalue weighted by molar-refractivity contribution is 6.05. The van der Waals surface area contributed by atoms with Gasteiger partial charge in [-0.2, -0.15) is 14.2 Å². The first-order valence-corrected chi connectivity index (χ1v) is 38.8. The number of carbonyl (C=O) groups excluding carboxylic acids is 9. The standard InChI is InChI=1S/C21H20N4O6.C21H18N4O5.C13H14N2O3.C9H10N2O4.C9H10N2O3.C8H8N2O4.C8H7NO4/c1-22-21(28)18-7-3-13(11-25(18)29)20(27)24-17-9-15(6-8-19(17)26)31-12-14-4-5-16(30-2)10-23-14;1-22-20(26)18-7-3-13(11-25(18)27)21-24-17-9-15(6-8-19(17)30-21)29-12-14-4-5-16(28-2)10-23-14;1-17-11-3-2-9(15-7-11)8-18-10-4-5-13(16)12(14)6-10;1-10-8(12)7-5-6(9(13)15-2)3-4-11(7)14;1-10-8(12)7-5-6(3-4-11-7)9(13)14-2;1-9-7(11)6-4-5(8(12)13)2-3-10(6)14;1-13-8(12)5-2-3-9-6(4-5)7(10)11/h3-11,22,28-29H,12H2,1-2H3;3-11H,12H2,1-2H3,(H,22,26);2-7,16H,8,14H2,1H3;3-5H,1-2H3,(H,10,12);3-5H,1-2H3,(H,10,12);2-4H,1H3,(H,9,11)(H,12,13);2-4H,1H3,(H,10,11)/p+1. The molecular weight excluding hydrogens is 1770 g/mol. The molecule has 0 aliphatic rings. The van der Waals surface area contributed by atoms with Gasteiger partial charge in [-0.25, -0.2) is 33.9 Å². The Morgan fingerprint density at radius 1 is 0.400 bits per heavy atom. The number of carboxylic acid groups (broad SMARTS) is 2. The molecule has 0 spiro atoms. The lowest BCUT2D eigenvalue weighted by Crippen LogP contribution is -2.41. The van der Waals surface area contributed by atoms with E-state index in [4.69, 9.17) is 48.8 Å². The summed E-state index contributed by atoms with van der Waals surface area (Å²) in [5.74, 6) is -3.37. The molecule has 46 heteroatoms. The number of carbonyl (C=O) groups is 11. The van der Waals surface area contributed by atoms with Crippen LogP contribution >= 0.6 is 0 Å². The van der Waals surface area contributed by atoms with Crippen molar-refractivity contribution in [1.29, 1.82) is 0 Å². The maximum atomic E-state index is 12.5. The zero-order valence-corrected chi connectivity index (χ0v) is 73.5. The van der Waals surface area contributed by atoms with Crippen LogP contribution in [0.2, 0.25) is 0 Å². The van der Waals surface area contributed by atoms with Crippen molar-refractivity contribution < 1.29 is 144 Å². The second kappa shape index (κ2) is 51.1. The normalized spacial score (nSPS) is 9.98. The molecule has 702 valence electrons. The number of benzene rings is 3. The summed E-state index contributed by atoms with van der Waals surface area (Å²) >= 11 is 0. The van der Waals surface area contributed by atoms with Crippen molar-refractivity contribution in [3.05, 3.63) is 314 Å². The van der Waals surface area contributed by atoms with Gasteiger partial charge in [-0.15, -0.1) is 0 Å². The van der Waals surface area contributed by atoms with E-state index in [1.54, 1.807) is 94.5 Å². The smallest absolute Gasteiger partial charge is 0.354 e. The van der Waals surface area contributed by atoms with Crippen molar-refractivity contribution in [3.63, 3.8) is 0 Å². The number of phenols is 2. The number of aromatic hydroxyl groups is 2. The lowest BCUT2D eigenvalue weighted by molar-refractivity contribution is -0.905. The number of fused-ring (bicyclic) bond motifs is 1. The van der Waals surface area contributed by atoms with Gasteiger partial charge in [0.15, 0.2) is 24.2 Å². The summed E-state index contributed by atoms with van der Waals surface area (Å²) in [6.45, 7) is 0.791. The third-order valence-corrected chi connectivity index (χ3v) is 17.6. The molecule has 135 heavy (non-hydrogen) atoms. The number of nitrogens with two attached hydrogens (primary N) is 1. The minimum Gasteiger partial charge on any atom is -0.618 e. The molecule has 13 N–H and O–H groups in total. The lowest BCUT2D eigenvalue weighted by atomic mass is 10.2. The Balaban J connectivity index is 0.000000222. The van der Waals surface area contributed by atoms with Gasteiger partial charge in [0.05, 0.1) is 112 Å². The molecule has 0 aliphatic carbocycles. The third kappa shape index (κ3) is 30.6. The minimum atomic E-state index is -1.18. The van der Waals surface area contributed by atoms with Crippen LogP contribution < -0.4 is 85.0 Å². The molecule has 46 nitrogen and oxygen atoms in total. The van der Waals surface area contributed by atoms with Crippen LogP contribution in [0.4, 0.5) is 11.4 Å². The predicted octanol–water partition coefficient (Wildman–Crippen LogP) is 5.58. The van der Waals surface area contributed by atoms with Crippen molar-refractivity contribution >= 4 is 87.8 Å². The van der Waals surface area contributed by atoms with Crippen LogP contribution in [-0.2, 0) is 34.0 Å². The first kappa shape index (κ1) is 103. The molecule has 6 amide bonds. The SMILES string of the molecule is CNC(=O)c1cc(C(=O)O)cc[n+]1[O-].CNC(=O)c1cc(C(=O)OC)cc[n+]1[O-].CNC(=O)c1cc(C(=O)OC)ccn1.CNC(=O)c1ccc(-c2nc3cc(OCc4ccc(OC)cn4)ccc3o2)c[n+]1[O-].CNC(=O)c1ccc(C(=O)Nc2cc(OCc3ccc(OC)cn3)ccc2O)c[n+]1O.COC(=O)c1ccnc(C(=O)O)c1.COc1ccc(COc2ccc(O)c(N)c2)nc1. The number of oxazole rings is 1. The monoisotopic (exact) mass is 1860 g/mol. The van der Waals surface area contributed by atoms with E-state index < -0.39 is 59.4 Å². The predicted molar refractivity (Wildman–Crippen MR) is 470 cm³/mol. The summed E-state index contributed by atoms with van der Waals surface area (Å²) in [5, 5.41) is 95.0. The van der Waals surface area contributed by atoms with Crippen LogP contribution in [0.3, 0.4) is 0 Å². The van der Waals surface area contributed by atoms with Crippen LogP contribution in [0.5, 0.6) is 46.0 Å². The molecular formula is C89H88N17O29+. The Morgan fingerprint density at radius 2 is 0.822 bits per heavy atom. The average molecular weight is 1860 g/mol. The van der Waals surface area contributed by atoms with Crippen molar-refractivity contribution in [2.75, 3.05) is 88.9 Å². The van der Waals surface area contributed by atoms with E-state index in [0.717, 1.165) is 48.2 Å². The highest BCUT2D eigenvalue weighted by Gasteiger charge is 2.25. The number of nitrogen functional groups attached to an aromatic ring is 1. The minimum absolute atomic E-state index is 0.0137. The fraction of sp³-hybridized carbons (Fsp3) is 0.157. The quantitative estimate of drug-likeness (QED) is 0.00632. The Bertz CT molecular complexity index is 6340. The molecule has 0 saturated heterocycles. The number of aromatic nitrogens is 10. The van der Waals surface area contributed by atoms with E-state index in [1.807, 2.05) is 24.3 Å². The molecule has 0 saturated carbocycles. The summed E-state index contributed by atoms with van der Waals surface area (Å²) in [4.78, 5) is 148. The highest BCUT2D eigenvalue weighted by Crippen LogP contribution is 2.31. The number of anilines is 2. The van der Waals surface area contributed by atoms with E-state index >= 15 is 0 Å². The number of aromatic carboxylic acids is 2. The number of amides is 6. The van der Waals surface area contributed by atoms with Crippen LogP contribution in [0.15, 0.2) is 224 Å². The van der Waals surface area contributed by atoms with Crippen LogP contribution in [0, 0.1) is 15.6 Å². The largest absolute Gasteiger partial charge is 0.618 e. The Kier molecular flexibility index (Phi) is 39.1. The van der Waals surface area contributed by atoms with E-state index in [2.05, 4.69) is 76.0 Å². The summed E-state index contributed by atoms with van der Waals surface area (Å²) in [6, 6.07) is 40.9. The lowest BCUT2D eigenvalue weighted by Gasteiger charge is -2.11. The summed E-state index contributed by atoms with van der Waals surface area (Å²) < 4.78 is 53.0. The van der Waals surface area contributed by atoms with Gasteiger partial charge in [0.25, 0.3) is 28.9 Å². The van der Waals surface area contributed by atoms with Crippen molar-refractivity contribution in [3.8, 4) is 57.5 Å². The number of nitrogens with one attached hydrogen (secondary N) is 6. The number of esters is 3. The Morgan fingerprint density at radius 3 is 1.27 bits per heavy atom. The molecule has 10 heterocycles. The summed E-state index contributed by atoms with van der Waals surface area (Å²) in [7, 11) is 15.6. The summed E-state index contributed by atoms with van der Waals surface area (Å²) in [6.07, 6.45) is 11.9. The molecule has 0 aliphatic heterocycles. The second-order valence-corrected chi connectivity index (χ2v) is 26.3. The van der Waals surface area contributed by atoms with Crippen molar-refractivity contribution in [1.82, 2.24) is 56.5 Å². The Labute approximate surface area is 765 Å². The number of carboxylic acids is 2. The maximum absolute atomic E-state index is 12.5. The van der Waals surface area contributed by atoms with Crippen LogP contribution in [0.25, 0.3) is 22.6 Å². The van der Waals surface area contributed by atoms with Crippen LogP contribution in [0.1, 0.15) is 132 Å². The van der Waals surface area contributed by atoms with Gasteiger partial charge >= 0.3 is 59.2 Å². The van der Waals surface area contributed by atoms with Crippen molar-refractivity contribution in [2.45, 2.75) is 19.8 Å². The zero-order valence-electron chi connectivity index (χ0n) is 73.5. The van der Waals surface area contributed by atoms with E-state index in [-0.39, 0.29) is 104 Å². The number of hydrogen-bond donors (Lipinski definition) is 12. The number of rotatable bonds is 25. The second-order valence-electron chi connectivity index (χ2n) is 26.3. The molecule has 13 aromatic rings. The van der Waals surface area contributed by atoms with Gasteiger partial charge in [0, 0.05) is 107 Å². The van der Waals surface area contributed by atoms with Gasteiger partial charge in [-0.05, 0) is 109 Å². The van der Waals surface area contributed by atoms with E-state index in [1.165, 1.54) is 142 Å². The topological polar surface area (TPSA) is 645 Å². The number of hydrogen-bond acceptors (Lipinski definition) is 34. The first-order chi connectivity index (χ1) is 64.6. The third-order valence-electron chi connectivity index (χ3n) is 17.6. The van der Waals surface area contributed by atoms with Gasteiger partial charge in [0.2, 0.25) is 12.1 Å². The first-order valence-electron chi connectivity index (χ1n) is 38.8. The van der Waals surface area contributed by atoms with Gasteiger partial charge in [0.1, 0.15) is 93.8 Å². The highest BCUT2D eigenvalue weighted by atomic mass is 16.5. The number of methoxy groups -OCH3 is 6. The van der Waals surface area contributed by atoms with E-state index in [9.17, 15) is 83.8 Å². The fourth-order valence-electron chi connectivity index (χ4n) is 10.5. The molecule has 0 bridgehead atoms. The fourth-order valence-corrected chi connectivity index (χ4v) is 10.5. The average Bonchev–Trinajstić information content (AvgIpc) is 1.66. The number of nitrogens with zero attached hydrogens (tertiary/aromatic N) is 10. The Hall–Kier alpha value is -18.9. The van der Waals surface area contributed by atoms with Gasteiger partial charge < -0.3 is 121 Å². The molecule has 0 radical (unpaired) electrons. The number of phenolic OH excluding ortho intramolecular Hbond substituents is 2. The molecule has 10 aromatic heterocycles. The molecule has 3 aromatic carbocycles. The zero-order chi connectivity index (χ0) is 99.0. The molecule has 0 fully saturated rings. The van der Waals surface area contributed by atoms with Crippen LogP contribution in [-0.4, -0.2) is 199 Å².